The molecule has 0 aliphatic heterocycles. The van der Waals surface area contributed by atoms with Crippen molar-refractivity contribution in [2.45, 2.75) is 12.5 Å². The standard InChI is InChI=1S/C14H12N4O2S2/c15-7-10-8-22-14(16-10)18-13(21)17-11(12(19)20)6-9-4-2-1-3-5-9/h1-5,8,11H,6H2,(H,19,20)(H2,16,17,18,21). The smallest absolute Gasteiger partial charge is 0.326 e. The quantitative estimate of drug-likeness (QED) is 0.720. The van der Waals surface area contributed by atoms with Gasteiger partial charge in [0.15, 0.2) is 15.9 Å². The number of rotatable bonds is 5. The van der Waals surface area contributed by atoms with E-state index in [9.17, 15) is 9.90 Å². The summed E-state index contributed by atoms with van der Waals surface area (Å²) in [6.07, 6.45) is 0.305. The van der Waals surface area contributed by atoms with Crippen LogP contribution >= 0.6 is 23.6 Å². The van der Waals surface area contributed by atoms with Gasteiger partial charge in [-0.2, -0.15) is 5.26 Å². The average Bonchev–Trinajstić information content (AvgIpc) is 2.95. The van der Waals surface area contributed by atoms with Gasteiger partial charge in [0.1, 0.15) is 12.1 Å². The summed E-state index contributed by atoms with van der Waals surface area (Å²) in [5.74, 6) is -0.996. The molecule has 6 nitrogen and oxygen atoms in total. The lowest BCUT2D eigenvalue weighted by molar-refractivity contribution is -0.139. The van der Waals surface area contributed by atoms with Crippen LogP contribution in [-0.4, -0.2) is 27.2 Å². The van der Waals surface area contributed by atoms with Gasteiger partial charge < -0.3 is 15.7 Å². The molecular weight excluding hydrogens is 320 g/mol. The number of anilines is 1. The molecule has 1 aromatic heterocycles. The monoisotopic (exact) mass is 332 g/mol. The van der Waals surface area contributed by atoms with Crippen molar-refractivity contribution in [3.63, 3.8) is 0 Å². The van der Waals surface area contributed by atoms with Crippen LogP contribution in [0.3, 0.4) is 0 Å². The van der Waals surface area contributed by atoms with Gasteiger partial charge >= 0.3 is 5.97 Å². The zero-order valence-corrected chi connectivity index (χ0v) is 12.9. The molecule has 0 amide bonds. The fourth-order valence-corrected chi connectivity index (χ4v) is 2.67. The number of nitriles is 1. The number of thiocarbonyl (C=S) groups is 1. The summed E-state index contributed by atoms with van der Waals surface area (Å²) in [7, 11) is 0. The highest BCUT2D eigenvalue weighted by atomic mass is 32.1. The van der Waals surface area contributed by atoms with E-state index in [2.05, 4.69) is 15.6 Å². The van der Waals surface area contributed by atoms with E-state index in [1.165, 1.54) is 11.3 Å². The third-order valence-corrected chi connectivity index (χ3v) is 3.70. The van der Waals surface area contributed by atoms with Gasteiger partial charge in [0.2, 0.25) is 0 Å². The first-order chi connectivity index (χ1) is 10.6. The predicted molar refractivity (Wildman–Crippen MR) is 87.8 cm³/mol. The molecule has 0 fully saturated rings. The number of benzene rings is 1. The Labute approximate surface area is 136 Å². The van der Waals surface area contributed by atoms with E-state index in [-0.39, 0.29) is 10.8 Å². The van der Waals surface area contributed by atoms with Gasteiger partial charge in [0, 0.05) is 11.8 Å². The van der Waals surface area contributed by atoms with Gasteiger partial charge in [-0.05, 0) is 17.8 Å². The summed E-state index contributed by atoms with van der Waals surface area (Å²) in [6.45, 7) is 0. The number of aliphatic carboxylic acids is 1. The SMILES string of the molecule is N#Cc1csc(NC(=S)NC(Cc2ccccc2)C(=O)O)n1. The van der Waals surface area contributed by atoms with Crippen LogP contribution in [0.1, 0.15) is 11.3 Å². The van der Waals surface area contributed by atoms with Crippen molar-refractivity contribution in [2.24, 2.45) is 0 Å². The van der Waals surface area contributed by atoms with Crippen molar-refractivity contribution in [2.75, 3.05) is 5.32 Å². The molecule has 8 heteroatoms. The molecule has 2 aromatic rings. The summed E-state index contributed by atoms with van der Waals surface area (Å²) in [6, 6.07) is 10.3. The maximum absolute atomic E-state index is 11.3. The molecule has 1 aromatic carbocycles. The molecule has 0 radical (unpaired) electrons. The summed E-state index contributed by atoms with van der Waals surface area (Å²) < 4.78 is 0. The van der Waals surface area contributed by atoms with E-state index in [4.69, 9.17) is 17.5 Å². The molecule has 0 aliphatic carbocycles. The molecule has 0 saturated heterocycles. The Hall–Kier alpha value is -2.50. The Balaban J connectivity index is 1.97. The lowest BCUT2D eigenvalue weighted by atomic mass is 10.1. The second-order valence-corrected chi connectivity index (χ2v) is 5.60. The second kappa shape index (κ2) is 7.49. The van der Waals surface area contributed by atoms with Crippen LogP contribution < -0.4 is 10.6 Å². The van der Waals surface area contributed by atoms with Gasteiger partial charge in [-0.3, -0.25) is 0 Å². The summed E-state index contributed by atoms with van der Waals surface area (Å²) in [4.78, 5) is 15.3. The zero-order valence-electron chi connectivity index (χ0n) is 11.3. The molecule has 112 valence electrons. The van der Waals surface area contributed by atoms with E-state index in [1.807, 2.05) is 36.4 Å². The summed E-state index contributed by atoms with van der Waals surface area (Å²) in [5, 5.41) is 25.7. The lowest BCUT2D eigenvalue weighted by Crippen LogP contribution is -2.44. The van der Waals surface area contributed by atoms with Crippen molar-refractivity contribution in [3.8, 4) is 6.07 Å². The third kappa shape index (κ3) is 4.51. The minimum absolute atomic E-state index is 0.155. The number of nitrogens with one attached hydrogen (secondary N) is 2. The fourth-order valence-electron chi connectivity index (χ4n) is 1.72. The molecular formula is C14H12N4O2S2. The first-order valence-electron chi connectivity index (χ1n) is 6.28. The van der Waals surface area contributed by atoms with Gasteiger partial charge in [0.05, 0.1) is 0 Å². The number of carboxylic acids is 1. The number of aromatic nitrogens is 1. The van der Waals surface area contributed by atoms with Crippen molar-refractivity contribution >= 4 is 39.8 Å². The Kier molecular flexibility index (Phi) is 5.41. The van der Waals surface area contributed by atoms with Crippen LogP contribution in [0.5, 0.6) is 0 Å². The highest BCUT2D eigenvalue weighted by molar-refractivity contribution is 7.80. The summed E-state index contributed by atoms with van der Waals surface area (Å²) >= 11 is 6.31. The molecule has 3 N–H and O–H groups in total. The second-order valence-electron chi connectivity index (χ2n) is 4.33. The van der Waals surface area contributed by atoms with Crippen molar-refractivity contribution in [3.05, 3.63) is 47.0 Å². The molecule has 22 heavy (non-hydrogen) atoms. The molecule has 0 saturated carbocycles. The summed E-state index contributed by atoms with van der Waals surface area (Å²) in [5.41, 5.74) is 1.18. The first-order valence-corrected chi connectivity index (χ1v) is 7.57. The number of carboxylic acid groups (broad SMARTS) is 1. The molecule has 0 spiro atoms. The molecule has 1 heterocycles. The highest BCUT2D eigenvalue weighted by Gasteiger charge is 2.19. The van der Waals surface area contributed by atoms with Crippen LogP contribution in [0.15, 0.2) is 35.7 Å². The van der Waals surface area contributed by atoms with E-state index in [1.54, 1.807) is 5.38 Å². The molecule has 1 unspecified atom stereocenters. The number of thiazole rings is 1. The van der Waals surface area contributed by atoms with E-state index < -0.39 is 12.0 Å². The highest BCUT2D eigenvalue weighted by Crippen LogP contribution is 2.14. The van der Waals surface area contributed by atoms with Crippen LogP contribution in [0.25, 0.3) is 0 Å². The van der Waals surface area contributed by atoms with E-state index >= 15 is 0 Å². The molecule has 0 aliphatic rings. The first kappa shape index (κ1) is 15.9. The Morgan fingerprint density at radius 2 is 2.18 bits per heavy atom. The Bertz CT molecular complexity index is 709. The normalized spacial score (nSPS) is 11.2. The van der Waals surface area contributed by atoms with Gasteiger partial charge in [-0.1, -0.05) is 30.3 Å². The number of hydrogen-bond donors (Lipinski definition) is 3. The van der Waals surface area contributed by atoms with Crippen molar-refractivity contribution in [1.29, 1.82) is 5.26 Å². The van der Waals surface area contributed by atoms with Gasteiger partial charge in [0.25, 0.3) is 0 Å². The fraction of sp³-hybridized carbons (Fsp3) is 0.143. The molecule has 0 bridgehead atoms. The van der Waals surface area contributed by atoms with E-state index in [0.29, 0.717) is 11.6 Å². The van der Waals surface area contributed by atoms with Crippen LogP contribution in [-0.2, 0) is 11.2 Å². The van der Waals surface area contributed by atoms with Gasteiger partial charge in [-0.15, -0.1) is 11.3 Å². The van der Waals surface area contributed by atoms with Gasteiger partial charge in [-0.25, -0.2) is 9.78 Å². The largest absolute Gasteiger partial charge is 0.480 e. The number of nitrogens with zero attached hydrogens (tertiary/aromatic N) is 2. The average molecular weight is 332 g/mol. The maximum atomic E-state index is 11.3. The zero-order chi connectivity index (χ0) is 15.9. The number of hydrogen-bond acceptors (Lipinski definition) is 5. The predicted octanol–water partition coefficient (Wildman–Crippen LogP) is 2.00. The third-order valence-electron chi connectivity index (χ3n) is 2.73. The minimum Gasteiger partial charge on any atom is -0.480 e. The van der Waals surface area contributed by atoms with E-state index in [0.717, 1.165) is 5.56 Å². The lowest BCUT2D eigenvalue weighted by Gasteiger charge is -2.16. The maximum Gasteiger partial charge on any atom is 0.326 e. The Morgan fingerprint density at radius 3 is 2.77 bits per heavy atom. The van der Waals surface area contributed by atoms with Crippen molar-refractivity contribution < 1.29 is 9.90 Å². The number of carbonyl (C=O) groups is 1. The van der Waals surface area contributed by atoms with Crippen molar-refractivity contribution in [1.82, 2.24) is 10.3 Å². The molecule has 1 atom stereocenters. The molecule has 2 rings (SSSR count). The topological polar surface area (TPSA) is 98.0 Å². The van der Waals surface area contributed by atoms with Crippen LogP contribution in [0.4, 0.5) is 5.13 Å². The minimum atomic E-state index is -0.996. The van der Waals surface area contributed by atoms with Crippen LogP contribution in [0, 0.1) is 11.3 Å². The van der Waals surface area contributed by atoms with Crippen LogP contribution in [0.2, 0.25) is 0 Å². The Morgan fingerprint density at radius 1 is 1.45 bits per heavy atom.